The first kappa shape index (κ1) is 18.8. The van der Waals surface area contributed by atoms with Crippen LogP contribution in [0.1, 0.15) is 11.1 Å². The highest BCUT2D eigenvalue weighted by molar-refractivity contribution is 8.19. The summed E-state index contributed by atoms with van der Waals surface area (Å²) in [7, 11) is -2.78. The van der Waals surface area contributed by atoms with E-state index >= 15 is 0 Å². The zero-order valence-electron chi connectivity index (χ0n) is 12.6. The number of nitrogens with one attached hydrogen (secondary N) is 1. The van der Waals surface area contributed by atoms with Gasteiger partial charge in [0.1, 0.15) is 0 Å². The lowest BCUT2D eigenvalue weighted by atomic mass is 10.2. The topological polar surface area (TPSA) is 66.9 Å². The molecular formula is C16H20ClN2OPS. The van der Waals surface area contributed by atoms with Gasteiger partial charge in [0, 0.05) is 10.6 Å². The van der Waals surface area contributed by atoms with Gasteiger partial charge in [-0.1, -0.05) is 71.4 Å². The Morgan fingerprint density at radius 3 is 1.68 bits per heavy atom. The summed E-state index contributed by atoms with van der Waals surface area (Å²) in [6, 6.07) is 15.5. The van der Waals surface area contributed by atoms with Crippen molar-refractivity contribution in [3.8, 4) is 0 Å². The molecule has 0 bridgehead atoms. The molecule has 0 fully saturated rings. The Balaban J connectivity index is 0.00000242. The van der Waals surface area contributed by atoms with Gasteiger partial charge in [0.05, 0.1) is 5.49 Å². The fraction of sp³-hybridized carbons (Fsp3) is 0.188. The highest BCUT2D eigenvalue weighted by Crippen LogP contribution is 2.46. The largest absolute Gasteiger partial charge is 0.379 e. The van der Waals surface area contributed by atoms with Gasteiger partial charge < -0.3 is 10.3 Å². The van der Waals surface area contributed by atoms with Crippen LogP contribution in [0.4, 0.5) is 0 Å². The van der Waals surface area contributed by atoms with Crippen molar-refractivity contribution >= 4 is 47.1 Å². The number of aryl methyl sites for hydroxylation is 2. The van der Waals surface area contributed by atoms with E-state index in [4.69, 9.17) is 11.1 Å². The summed E-state index contributed by atoms with van der Waals surface area (Å²) in [4.78, 5) is 0. The van der Waals surface area contributed by atoms with Crippen molar-refractivity contribution in [3.05, 3.63) is 59.7 Å². The number of amidine groups is 1. The molecule has 3 nitrogen and oxygen atoms in total. The number of hydrogen-bond donors (Lipinski definition) is 2. The molecule has 2 rings (SSSR count). The van der Waals surface area contributed by atoms with Gasteiger partial charge in [-0.3, -0.25) is 5.41 Å². The van der Waals surface area contributed by atoms with Crippen LogP contribution >= 0.6 is 31.3 Å². The third-order valence-corrected chi connectivity index (χ3v) is 7.85. The highest BCUT2D eigenvalue weighted by Gasteiger charge is 2.27. The van der Waals surface area contributed by atoms with Crippen molar-refractivity contribution in [1.82, 2.24) is 0 Å². The zero-order valence-corrected chi connectivity index (χ0v) is 15.1. The summed E-state index contributed by atoms with van der Waals surface area (Å²) >= 11 is 1.13. The molecule has 0 aliphatic heterocycles. The first-order valence-electron chi connectivity index (χ1n) is 6.62. The molecule has 0 saturated heterocycles. The number of thioether (sulfide) groups is 1. The molecule has 2 aromatic rings. The number of hydrogen-bond acceptors (Lipinski definition) is 3. The molecule has 0 aliphatic rings. The number of benzene rings is 2. The van der Waals surface area contributed by atoms with E-state index in [1.165, 1.54) is 0 Å². The van der Waals surface area contributed by atoms with E-state index in [0.29, 0.717) is 5.49 Å². The summed E-state index contributed by atoms with van der Waals surface area (Å²) in [6.45, 7) is 4.01. The smallest absolute Gasteiger partial charge is 0.153 e. The molecule has 0 amide bonds. The molecule has 0 spiro atoms. The molecular weight excluding hydrogens is 335 g/mol. The molecule has 0 unspecified atom stereocenters. The van der Waals surface area contributed by atoms with E-state index < -0.39 is 7.14 Å². The Labute approximate surface area is 142 Å². The van der Waals surface area contributed by atoms with E-state index in [0.717, 1.165) is 33.5 Å². The fourth-order valence-corrected chi connectivity index (χ4v) is 6.07. The molecule has 22 heavy (non-hydrogen) atoms. The second-order valence-corrected chi connectivity index (χ2v) is 9.32. The van der Waals surface area contributed by atoms with E-state index in [1.807, 2.05) is 62.4 Å². The Hall–Kier alpha value is -1.22. The van der Waals surface area contributed by atoms with Crippen LogP contribution in [0.2, 0.25) is 0 Å². The predicted molar refractivity (Wildman–Crippen MR) is 101 cm³/mol. The summed E-state index contributed by atoms with van der Waals surface area (Å²) in [5.41, 5.74) is 8.01. The molecule has 0 atom stereocenters. The fourth-order valence-electron chi connectivity index (χ4n) is 2.03. The maximum atomic E-state index is 13.6. The minimum Gasteiger partial charge on any atom is -0.379 e. The third-order valence-electron chi connectivity index (χ3n) is 3.30. The summed E-state index contributed by atoms with van der Waals surface area (Å²) < 4.78 is 13.6. The van der Waals surface area contributed by atoms with Gasteiger partial charge in [-0.25, -0.2) is 0 Å². The van der Waals surface area contributed by atoms with Gasteiger partial charge >= 0.3 is 0 Å². The molecule has 118 valence electrons. The molecule has 2 aromatic carbocycles. The van der Waals surface area contributed by atoms with Crippen LogP contribution in [0.5, 0.6) is 0 Å². The van der Waals surface area contributed by atoms with Gasteiger partial charge in [0.15, 0.2) is 12.3 Å². The summed E-state index contributed by atoms with van der Waals surface area (Å²) in [5, 5.41) is 9.00. The average molecular weight is 355 g/mol. The van der Waals surface area contributed by atoms with Gasteiger partial charge in [-0.05, 0) is 13.8 Å². The zero-order chi connectivity index (χ0) is 15.5. The molecule has 0 radical (unpaired) electrons. The third kappa shape index (κ3) is 4.39. The van der Waals surface area contributed by atoms with Crippen molar-refractivity contribution in [2.45, 2.75) is 13.8 Å². The quantitative estimate of drug-likeness (QED) is 0.500. The van der Waals surface area contributed by atoms with E-state index in [1.54, 1.807) is 0 Å². The van der Waals surface area contributed by atoms with Crippen molar-refractivity contribution < 1.29 is 4.57 Å². The molecule has 0 aliphatic carbocycles. The maximum Gasteiger partial charge on any atom is 0.153 e. The average Bonchev–Trinajstić information content (AvgIpc) is 2.46. The van der Waals surface area contributed by atoms with Crippen LogP contribution in [0.25, 0.3) is 0 Å². The van der Waals surface area contributed by atoms with Crippen molar-refractivity contribution in [1.29, 1.82) is 5.41 Å². The standard InChI is InChI=1S/C16H19N2OPS.ClH/c1-12-3-7-14(8-4-12)20(19,11-21-16(17)18)15-9-5-13(2)6-10-15;/h3-10H,11H2,1-2H3,(H3,17,18);1H. The number of rotatable bonds is 4. The predicted octanol–water partition coefficient (Wildman–Crippen LogP) is 3.62. The molecule has 0 aromatic heterocycles. The van der Waals surface area contributed by atoms with Crippen molar-refractivity contribution in [2.24, 2.45) is 5.73 Å². The van der Waals surface area contributed by atoms with Crippen LogP contribution in [0.15, 0.2) is 48.5 Å². The lowest BCUT2D eigenvalue weighted by molar-refractivity contribution is 0.590. The first-order chi connectivity index (χ1) is 9.91. The Kier molecular flexibility index (Phi) is 6.73. The van der Waals surface area contributed by atoms with E-state index in [2.05, 4.69) is 0 Å². The van der Waals surface area contributed by atoms with Gasteiger partial charge in [0.2, 0.25) is 0 Å². The van der Waals surface area contributed by atoms with Crippen LogP contribution in [-0.2, 0) is 4.57 Å². The molecule has 3 N–H and O–H groups in total. The lowest BCUT2D eigenvalue weighted by Crippen LogP contribution is -2.19. The van der Waals surface area contributed by atoms with Gasteiger partial charge in [0.25, 0.3) is 0 Å². The Morgan fingerprint density at radius 1 is 1.00 bits per heavy atom. The monoisotopic (exact) mass is 354 g/mol. The number of nitrogens with two attached hydrogens (primary N) is 1. The van der Waals surface area contributed by atoms with Crippen LogP contribution in [-0.4, -0.2) is 10.7 Å². The highest BCUT2D eigenvalue weighted by atomic mass is 35.5. The van der Waals surface area contributed by atoms with Crippen LogP contribution in [0, 0.1) is 19.3 Å². The second kappa shape index (κ2) is 7.87. The second-order valence-electron chi connectivity index (χ2n) is 5.05. The van der Waals surface area contributed by atoms with Crippen LogP contribution < -0.4 is 16.3 Å². The summed E-state index contributed by atoms with van der Waals surface area (Å²) in [5.74, 6) is 0. The van der Waals surface area contributed by atoms with E-state index in [-0.39, 0.29) is 17.6 Å². The molecule has 0 heterocycles. The molecule has 6 heteroatoms. The van der Waals surface area contributed by atoms with E-state index in [9.17, 15) is 4.57 Å². The van der Waals surface area contributed by atoms with Crippen LogP contribution in [0.3, 0.4) is 0 Å². The molecule has 0 saturated carbocycles. The van der Waals surface area contributed by atoms with Crippen molar-refractivity contribution in [2.75, 3.05) is 5.49 Å². The minimum absolute atomic E-state index is 0. The SMILES string of the molecule is Cc1ccc(P(=O)(CSC(=N)N)c2ccc(C)cc2)cc1.Cl. The summed E-state index contributed by atoms with van der Waals surface area (Å²) in [6.07, 6.45) is 0. The Morgan fingerprint density at radius 2 is 1.36 bits per heavy atom. The van der Waals surface area contributed by atoms with Gasteiger partial charge in [-0.15, -0.1) is 12.4 Å². The lowest BCUT2D eigenvalue weighted by Gasteiger charge is -2.19. The maximum absolute atomic E-state index is 13.6. The van der Waals surface area contributed by atoms with Gasteiger partial charge in [-0.2, -0.15) is 0 Å². The Bertz CT molecular complexity index is 637. The number of halogens is 1. The minimum atomic E-state index is -2.78. The first-order valence-corrected chi connectivity index (χ1v) is 9.50. The van der Waals surface area contributed by atoms with Crippen molar-refractivity contribution in [3.63, 3.8) is 0 Å². The normalized spacial score (nSPS) is 10.8.